The average Bonchev–Trinajstić information content (AvgIpc) is 3.00. The van der Waals surface area contributed by atoms with E-state index >= 15 is 0 Å². The Bertz CT molecular complexity index is 473. The summed E-state index contributed by atoms with van der Waals surface area (Å²) in [5.74, 6) is -0.877. The highest BCUT2D eigenvalue weighted by atomic mass is 16.5. The van der Waals surface area contributed by atoms with E-state index in [1.165, 1.54) is 14.2 Å². The molecule has 2 aliphatic rings. The number of esters is 2. The molecule has 5 nitrogen and oxygen atoms in total. The number of methoxy groups -OCH3 is 2. The van der Waals surface area contributed by atoms with Crippen LogP contribution in [0.2, 0.25) is 0 Å². The van der Waals surface area contributed by atoms with Crippen molar-refractivity contribution in [1.29, 1.82) is 0 Å². The number of carbonyl (C=O) groups is 2. The van der Waals surface area contributed by atoms with Crippen molar-refractivity contribution in [3.05, 3.63) is 22.9 Å². The van der Waals surface area contributed by atoms with Gasteiger partial charge in [0.25, 0.3) is 0 Å². The molecule has 0 amide bonds. The molecule has 0 saturated carbocycles. The number of ether oxygens (including phenoxy) is 2. The summed E-state index contributed by atoms with van der Waals surface area (Å²) in [6.07, 6.45) is 7.64. The Kier molecular flexibility index (Phi) is 5.42. The predicted molar refractivity (Wildman–Crippen MR) is 78.4 cm³/mol. The smallest absolute Gasteiger partial charge is 0.340 e. The molecule has 1 aliphatic carbocycles. The van der Waals surface area contributed by atoms with E-state index in [1.807, 2.05) is 0 Å². The van der Waals surface area contributed by atoms with Crippen LogP contribution in [0.4, 0.5) is 0 Å². The highest BCUT2D eigenvalue weighted by Gasteiger charge is 2.30. The van der Waals surface area contributed by atoms with Gasteiger partial charge in [0.2, 0.25) is 0 Å². The van der Waals surface area contributed by atoms with Crippen LogP contribution in [0.25, 0.3) is 0 Å². The van der Waals surface area contributed by atoms with E-state index in [2.05, 4.69) is 11.0 Å². The summed E-state index contributed by atoms with van der Waals surface area (Å²) in [6.45, 7) is 1.83. The van der Waals surface area contributed by atoms with Gasteiger partial charge in [-0.25, -0.2) is 9.59 Å². The van der Waals surface area contributed by atoms with Crippen LogP contribution in [0, 0.1) is 0 Å². The number of likely N-dealkylation sites (tertiary alicyclic amines) is 1. The molecule has 1 saturated heterocycles. The van der Waals surface area contributed by atoms with Gasteiger partial charge in [-0.2, -0.15) is 0 Å². The van der Waals surface area contributed by atoms with Crippen molar-refractivity contribution in [3.63, 3.8) is 0 Å². The van der Waals surface area contributed by atoms with Gasteiger partial charge in [-0.3, -0.25) is 0 Å². The Hall–Kier alpha value is -1.78. The van der Waals surface area contributed by atoms with Crippen molar-refractivity contribution in [1.82, 2.24) is 4.90 Å². The van der Waals surface area contributed by atoms with Gasteiger partial charge in [0.05, 0.1) is 25.4 Å². The van der Waals surface area contributed by atoms with E-state index in [9.17, 15) is 9.59 Å². The summed E-state index contributed by atoms with van der Waals surface area (Å²) < 4.78 is 9.80. The van der Waals surface area contributed by atoms with Crippen molar-refractivity contribution in [2.24, 2.45) is 0 Å². The Morgan fingerprint density at radius 3 is 2.29 bits per heavy atom. The van der Waals surface area contributed by atoms with Gasteiger partial charge >= 0.3 is 11.9 Å². The molecule has 1 heterocycles. The Labute approximate surface area is 125 Å². The summed E-state index contributed by atoms with van der Waals surface area (Å²) in [7, 11) is 2.70. The highest BCUT2D eigenvalue weighted by molar-refractivity contribution is 6.03. The topological polar surface area (TPSA) is 55.8 Å². The largest absolute Gasteiger partial charge is 0.466 e. The molecule has 1 aliphatic heterocycles. The van der Waals surface area contributed by atoms with E-state index in [0.717, 1.165) is 50.9 Å². The molecule has 0 N–H and O–H groups in total. The Morgan fingerprint density at radius 1 is 1.00 bits per heavy atom. The van der Waals surface area contributed by atoms with E-state index in [4.69, 9.17) is 9.47 Å². The monoisotopic (exact) mass is 293 g/mol. The SMILES string of the molecule is COC(=O)/C1=C(C(=O)OC)/C(N2CCCC2)=C\CCCC1. The van der Waals surface area contributed by atoms with Crippen LogP contribution < -0.4 is 0 Å². The third-order valence-corrected chi connectivity index (χ3v) is 4.04. The molecule has 0 atom stereocenters. The zero-order chi connectivity index (χ0) is 15.2. The minimum Gasteiger partial charge on any atom is -0.466 e. The first-order chi connectivity index (χ1) is 10.2. The van der Waals surface area contributed by atoms with E-state index in [0.29, 0.717) is 17.6 Å². The van der Waals surface area contributed by atoms with Crippen LogP contribution in [-0.4, -0.2) is 44.1 Å². The van der Waals surface area contributed by atoms with Crippen LogP contribution in [0.15, 0.2) is 22.9 Å². The molecule has 0 aromatic rings. The van der Waals surface area contributed by atoms with Crippen LogP contribution in [0.1, 0.15) is 38.5 Å². The molecule has 0 bridgehead atoms. The van der Waals surface area contributed by atoms with Gasteiger partial charge in [-0.05, 0) is 38.5 Å². The summed E-state index contributed by atoms with van der Waals surface area (Å²) in [4.78, 5) is 26.5. The molecule has 0 radical (unpaired) electrons. The fourth-order valence-electron chi connectivity index (χ4n) is 2.97. The standard InChI is InChI=1S/C16H23NO4/c1-20-15(18)12-8-4-3-5-9-13(14(12)16(19)21-2)17-10-6-7-11-17/h9H,3-8,10-11H2,1-2H3/b13-9+,14-12-. The van der Waals surface area contributed by atoms with Gasteiger partial charge in [-0.1, -0.05) is 6.08 Å². The number of hydrogen-bond acceptors (Lipinski definition) is 5. The number of rotatable bonds is 3. The number of nitrogens with zero attached hydrogens (tertiary/aromatic N) is 1. The van der Waals surface area contributed by atoms with Crippen LogP contribution in [0.3, 0.4) is 0 Å². The third kappa shape index (κ3) is 3.46. The lowest BCUT2D eigenvalue weighted by Gasteiger charge is -2.26. The van der Waals surface area contributed by atoms with E-state index in [-0.39, 0.29) is 0 Å². The quantitative estimate of drug-likeness (QED) is 0.747. The maximum atomic E-state index is 12.3. The van der Waals surface area contributed by atoms with E-state index in [1.54, 1.807) is 0 Å². The molecule has 0 aromatic carbocycles. The van der Waals surface area contributed by atoms with Crippen molar-refractivity contribution < 1.29 is 19.1 Å². The van der Waals surface area contributed by atoms with Crippen molar-refractivity contribution in [3.8, 4) is 0 Å². The fourth-order valence-corrected chi connectivity index (χ4v) is 2.97. The number of allylic oxidation sites excluding steroid dienone is 1. The van der Waals surface area contributed by atoms with Gasteiger partial charge in [0.15, 0.2) is 0 Å². The molecule has 0 spiro atoms. The zero-order valence-corrected chi connectivity index (χ0v) is 12.8. The van der Waals surface area contributed by atoms with Gasteiger partial charge in [0, 0.05) is 18.8 Å². The van der Waals surface area contributed by atoms with Crippen molar-refractivity contribution >= 4 is 11.9 Å². The summed E-state index contributed by atoms with van der Waals surface area (Å²) >= 11 is 0. The van der Waals surface area contributed by atoms with Gasteiger partial charge in [0.1, 0.15) is 0 Å². The van der Waals surface area contributed by atoms with Crippen LogP contribution in [0.5, 0.6) is 0 Å². The first-order valence-corrected chi connectivity index (χ1v) is 7.54. The lowest BCUT2D eigenvalue weighted by atomic mass is 9.94. The summed E-state index contributed by atoms with van der Waals surface area (Å²) in [5, 5.41) is 0. The highest BCUT2D eigenvalue weighted by Crippen LogP contribution is 2.30. The fraction of sp³-hybridized carbons (Fsp3) is 0.625. The predicted octanol–water partition coefficient (Wildman–Crippen LogP) is 2.18. The molecule has 2 rings (SSSR count). The van der Waals surface area contributed by atoms with E-state index < -0.39 is 11.9 Å². The van der Waals surface area contributed by atoms with Crippen LogP contribution in [-0.2, 0) is 19.1 Å². The van der Waals surface area contributed by atoms with Crippen molar-refractivity contribution in [2.75, 3.05) is 27.3 Å². The van der Waals surface area contributed by atoms with Crippen LogP contribution >= 0.6 is 0 Å². The minimum absolute atomic E-state index is 0.394. The Morgan fingerprint density at radius 2 is 1.67 bits per heavy atom. The second-order valence-electron chi connectivity index (χ2n) is 5.37. The first kappa shape index (κ1) is 15.6. The van der Waals surface area contributed by atoms with Gasteiger partial charge in [-0.15, -0.1) is 0 Å². The number of hydrogen-bond donors (Lipinski definition) is 0. The molecule has 0 aromatic heterocycles. The maximum Gasteiger partial charge on any atom is 0.340 e. The first-order valence-electron chi connectivity index (χ1n) is 7.54. The normalized spacial score (nSPS) is 25.6. The average molecular weight is 293 g/mol. The minimum atomic E-state index is -0.449. The number of carbonyl (C=O) groups excluding carboxylic acids is 2. The molecule has 21 heavy (non-hydrogen) atoms. The zero-order valence-electron chi connectivity index (χ0n) is 12.8. The lowest BCUT2D eigenvalue weighted by Crippen LogP contribution is -2.27. The molecule has 0 unspecified atom stereocenters. The molecular weight excluding hydrogens is 270 g/mol. The molecular formula is C16H23NO4. The van der Waals surface area contributed by atoms with Crippen molar-refractivity contribution in [2.45, 2.75) is 38.5 Å². The third-order valence-electron chi connectivity index (χ3n) is 4.04. The summed E-state index contributed by atoms with van der Waals surface area (Å²) in [5.41, 5.74) is 1.69. The molecule has 1 fully saturated rings. The molecule has 116 valence electrons. The maximum absolute atomic E-state index is 12.3. The second-order valence-corrected chi connectivity index (χ2v) is 5.37. The van der Waals surface area contributed by atoms with Gasteiger partial charge < -0.3 is 14.4 Å². The second kappa shape index (κ2) is 7.29. The Balaban J connectivity index is 2.49. The molecule has 5 heteroatoms. The summed E-state index contributed by atoms with van der Waals surface area (Å²) in [6, 6.07) is 0. The lowest BCUT2D eigenvalue weighted by molar-refractivity contribution is -0.139.